The van der Waals surface area contributed by atoms with Gasteiger partial charge in [-0.15, -0.1) is 0 Å². The molecule has 2 saturated heterocycles. The Bertz CT molecular complexity index is 395. The molecular weight excluding hydrogens is 214 g/mol. The van der Waals surface area contributed by atoms with Crippen LogP contribution < -0.4 is 5.32 Å². The van der Waals surface area contributed by atoms with Crippen molar-refractivity contribution in [3.05, 3.63) is 35.4 Å². The Morgan fingerprint density at radius 2 is 2.18 bits per heavy atom. The average molecular weight is 233 g/mol. The second kappa shape index (κ2) is 4.41. The molecule has 2 aliphatic rings. The first-order chi connectivity index (χ1) is 8.31. The van der Waals surface area contributed by atoms with Gasteiger partial charge < -0.3 is 14.8 Å². The smallest absolute Gasteiger partial charge is 0.0630 e. The van der Waals surface area contributed by atoms with Gasteiger partial charge in [0.2, 0.25) is 0 Å². The van der Waals surface area contributed by atoms with Gasteiger partial charge in [0.25, 0.3) is 0 Å². The summed E-state index contributed by atoms with van der Waals surface area (Å²) in [7, 11) is 0. The number of morpholine rings is 1. The summed E-state index contributed by atoms with van der Waals surface area (Å²) in [4.78, 5) is 0. The van der Waals surface area contributed by atoms with Gasteiger partial charge >= 0.3 is 0 Å². The van der Waals surface area contributed by atoms with Gasteiger partial charge in [0, 0.05) is 12.6 Å². The number of hydrogen-bond acceptors (Lipinski definition) is 3. The van der Waals surface area contributed by atoms with Crippen LogP contribution in [-0.4, -0.2) is 39.0 Å². The molecule has 1 aromatic carbocycles. The zero-order valence-corrected chi connectivity index (χ0v) is 10.2. The molecule has 0 bridgehead atoms. The predicted octanol–water partition coefficient (Wildman–Crippen LogP) is 1.25. The summed E-state index contributed by atoms with van der Waals surface area (Å²) in [6.45, 7) is 6.30. The Labute approximate surface area is 102 Å². The Hall–Kier alpha value is -0.900. The summed E-state index contributed by atoms with van der Waals surface area (Å²) in [6, 6.07) is 9.15. The lowest BCUT2D eigenvalue weighted by Gasteiger charge is -2.49. The average Bonchev–Trinajstić information content (AvgIpc) is 2.29. The lowest BCUT2D eigenvalue weighted by Crippen LogP contribution is -2.63. The summed E-state index contributed by atoms with van der Waals surface area (Å²) in [5, 5.41) is 3.57. The van der Waals surface area contributed by atoms with Gasteiger partial charge in [-0.05, 0) is 12.5 Å². The minimum absolute atomic E-state index is 0.118. The first kappa shape index (κ1) is 11.2. The molecule has 0 radical (unpaired) electrons. The molecule has 0 aromatic heterocycles. The predicted molar refractivity (Wildman–Crippen MR) is 66.3 cm³/mol. The quantitative estimate of drug-likeness (QED) is 0.834. The van der Waals surface area contributed by atoms with Crippen LogP contribution in [0.15, 0.2) is 24.3 Å². The third-order valence-corrected chi connectivity index (χ3v) is 3.90. The zero-order chi connectivity index (χ0) is 11.7. The first-order valence-corrected chi connectivity index (χ1v) is 6.27. The number of rotatable bonds is 2. The van der Waals surface area contributed by atoms with Crippen molar-refractivity contribution >= 4 is 0 Å². The van der Waals surface area contributed by atoms with Crippen LogP contribution in [0.3, 0.4) is 0 Å². The van der Waals surface area contributed by atoms with Crippen molar-refractivity contribution in [2.24, 2.45) is 0 Å². The van der Waals surface area contributed by atoms with Crippen LogP contribution in [0.5, 0.6) is 0 Å². The van der Waals surface area contributed by atoms with Crippen LogP contribution in [0, 0.1) is 6.92 Å². The monoisotopic (exact) mass is 233 g/mol. The minimum Gasteiger partial charge on any atom is -0.379 e. The molecule has 17 heavy (non-hydrogen) atoms. The van der Waals surface area contributed by atoms with Gasteiger partial charge in [-0.25, -0.2) is 0 Å². The second-order valence-corrected chi connectivity index (χ2v) is 5.10. The van der Waals surface area contributed by atoms with Crippen LogP contribution >= 0.6 is 0 Å². The molecule has 3 heteroatoms. The van der Waals surface area contributed by atoms with Crippen molar-refractivity contribution in [1.29, 1.82) is 0 Å². The second-order valence-electron chi connectivity index (χ2n) is 5.10. The van der Waals surface area contributed by atoms with E-state index in [1.807, 2.05) is 0 Å². The van der Waals surface area contributed by atoms with Crippen molar-refractivity contribution in [2.45, 2.75) is 18.4 Å². The zero-order valence-electron chi connectivity index (χ0n) is 10.2. The van der Waals surface area contributed by atoms with Gasteiger partial charge in [-0.1, -0.05) is 29.8 Å². The molecule has 1 atom stereocenters. The van der Waals surface area contributed by atoms with Crippen LogP contribution in [0.4, 0.5) is 0 Å². The molecule has 0 amide bonds. The van der Waals surface area contributed by atoms with Crippen molar-refractivity contribution in [2.75, 3.05) is 33.0 Å². The van der Waals surface area contributed by atoms with E-state index in [-0.39, 0.29) is 5.41 Å². The lowest BCUT2D eigenvalue weighted by molar-refractivity contribution is -0.101. The highest BCUT2D eigenvalue weighted by molar-refractivity contribution is 5.34. The summed E-state index contributed by atoms with van der Waals surface area (Å²) in [5.74, 6) is 0. The van der Waals surface area contributed by atoms with Gasteiger partial charge in [0.1, 0.15) is 0 Å². The molecule has 0 spiro atoms. The van der Waals surface area contributed by atoms with Gasteiger partial charge in [-0.3, -0.25) is 0 Å². The van der Waals surface area contributed by atoms with Gasteiger partial charge in [-0.2, -0.15) is 0 Å². The van der Waals surface area contributed by atoms with Crippen molar-refractivity contribution in [1.82, 2.24) is 5.32 Å². The van der Waals surface area contributed by atoms with E-state index < -0.39 is 0 Å². The largest absolute Gasteiger partial charge is 0.379 e. The maximum absolute atomic E-state index is 5.60. The third kappa shape index (κ3) is 1.88. The van der Waals surface area contributed by atoms with Crippen LogP contribution in [0.2, 0.25) is 0 Å². The molecule has 2 fully saturated rings. The Balaban J connectivity index is 1.90. The molecule has 0 aliphatic carbocycles. The van der Waals surface area contributed by atoms with Crippen molar-refractivity contribution in [3.63, 3.8) is 0 Å². The van der Waals surface area contributed by atoms with E-state index >= 15 is 0 Å². The van der Waals surface area contributed by atoms with E-state index in [1.54, 1.807) is 0 Å². The summed E-state index contributed by atoms with van der Waals surface area (Å²) in [5.41, 5.74) is 2.81. The molecule has 92 valence electrons. The lowest BCUT2D eigenvalue weighted by atomic mass is 9.72. The standard InChI is InChI=1S/C14H19NO2/c1-11-3-2-4-12(7-11)14(9-17-10-14)13-8-16-6-5-15-13/h2-4,7,13,15H,5-6,8-10H2,1H3. The molecule has 1 N–H and O–H groups in total. The third-order valence-electron chi connectivity index (χ3n) is 3.90. The molecule has 3 nitrogen and oxygen atoms in total. The maximum Gasteiger partial charge on any atom is 0.0630 e. The Morgan fingerprint density at radius 1 is 1.29 bits per heavy atom. The molecule has 2 heterocycles. The van der Waals surface area contributed by atoms with Crippen molar-refractivity contribution in [3.8, 4) is 0 Å². The van der Waals surface area contributed by atoms with E-state index in [0.29, 0.717) is 6.04 Å². The molecule has 1 aromatic rings. The molecule has 1 unspecified atom stereocenters. The number of aryl methyl sites for hydroxylation is 1. The number of benzene rings is 1. The molecule has 2 aliphatic heterocycles. The number of ether oxygens (including phenoxy) is 2. The topological polar surface area (TPSA) is 30.5 Å². The highest BCUT2D eigenvalue weighted by atomic mass is 16.5. The SMILES string of the molecule is Cc1cccc(C2(C3COCCN3)COC2)c1. The van der Waals surface area contributed by atoms with E-state index in [9.17, 15) is 0 Å². The maximum atomic E-state index is 5.60. The van der Waals surface area contributed by atoms with Crippen LogP contribution in [-0.2, 0) is 14.9 Å². The van der Waals surface area contributed by atoms with E-state index in [0.717, 1.165) is 33.0 Å². The molecular formula is C14H19NO2. The van der Waals surface area contributed by atoms with E-state index in [2.05, 4.69) is 36.5 Å². The van der Waals surface area contributed by atoms with E-state index in [1.165, 1.54) is 11.1 Å². The van der Waals surface area contributed by atoms with Gasteiger partial charge in [0.05, 0.1) is 31.8 Å². The fourth-order valence-electron chi connectivity index (χ4n) is 2.77. The fourth-order valence-corrected chi connectivity index (χ4v) is 2.77. The van der Waals surface area contributed by atoms with Gasteiger partial charge in [0.15, 0.2) is 0 Å². The van der Waals surface area contributed by atoms with Crippen LogP contribution in [0.1, 0.15) is 11.1 Å². The highest BCUT2D eigenvalue weighted by Gasteiger charge is 2.47. The molecule has 3 rings (SSSR count). The summed E-state index contributed by atoms with van der Waals surface area (Å²) < 4.78 is 11.1. The Kier molecular flexibility index (Phi) is 2.90. The number of nitrogens with one attached hydrogen (secondary N) is 1. The fraction of sp³-hybridized carbons (Fsp3) is 0.571. The normalized spacial score (nSPS) is 27.5. The highest BCUT2D eigenvalue weighted by Crippen LogP contribution is 2.36. The number of hydrogen-bond donors (Lipinski definition) is 1. The Morgan fingerprint density at radius 3 is 2.76 bits per heavy atom. The summed E-state index contributed by atoms with van der Waals surface area (Å²) in [6.07, 6.45) is 0. The van der Waals surface area contributed by atoms with E-state index in [4.69, 9.17) is 9.47 Å². The summed E-state index contributed by atoms with van der Waals surface area (Å²) >= 11 is 0. The van der Waals surface area contributed by atoms with Crippen LogP contribution in [0.25, 0.3) is 0 Å². The molecule has 0 saturated carbocycles. The van der Waals surface area contributed by atoms with Crippen molar-refractivity contribution < 1.29 is 9.47 Å². The minimum atomic E-state index is 0.118. The first-order valence-electron chi connectivity index (χ1n) is 6.27.